The summed E-state index contributed by atoms with van der Waals surface area (Å²) in [7, 11) is -0.448. The van der Waals surface area contributed by atoms with E-state index in [0.29, 0.717) is 17.6 Å². The molecule has 2 aromatic rings. The minimum Gasteiger partial charge on any atom is -0.381 e. The summed E-state index contributed by atoms with van der Waals surface area (Å²) < 4.78 is 55.5. The van der Waals surface area contributed by atoms with Crippen molar-refractivity contribution in [3.05, 3.63) is 69.4 Å². The molecule has 0 bridgehead atoms. The van der Waals surface area contributed by atoms with Crippen LogP contribution in [-0.2, 0) is 28.2 Å². The molecule has 0 saturated heterocycles. The van der Waals surface area contributed by atoms with Crippen molar-refractivity contribution >= 4 is 10.0 Å². The Morgan fingerprint density at radius 2 is 1.88 bits per heavy atom. The Hall–Kier alpha value is -2.10. The minimum atomic E-state index is -3.85. The van der Waals surface area contributed by atoms with Crippen LogP contribution in [0.25, 0.3) is 0 Å². The maximum atomic E-state index is 13.0. The number of methoxy groups -OCH3 is 1. The second-order valence-corrected chi connectivity index (χ2v) is 9.83. The number of sulfonamides is 1. The molecule has 0 unspecified atom stereocenters. The monoisotopic (exact) mass is 470 g/mol. The Bertz CT molecular complexity index is 1030. The number of nitrogens with zero attached hydrogens (tertiary/aromatic N) is 1. The van der Waals surface area contributed by atoms with Crippen molar-refractivity contribution in [1.82, 2.24) is 9.29 Å². The molecular formula is C23H32F2N2O4S. The lowest BCUT2D eigenvalue weighted by Crippen LogP contribution is -2.29. The second kappa shape index (κ2) is 12.2. The molecule has 0 atom stereocenters. The van der Waals surface area contributed by atoms with Gasteiger partial charge in [0.15, 0.2) is 0 Å². The van der Waals surface area contributed by atoms with E-state index in [1.165, 1.54) is 10.6 Å². The highest BCUT2D eigenvalue weighted by molar-refractivity contribution is 7.89. The van der Waals surface area contributed by atoms with Crippen LogP contribution in [0.1, 0.15) is 48.3 Å². The number of pyridine rings is 1. The minimum absolute atomic E-state index is 0.0188. The molecule has 6 nitrogen and oxygen atoms in total. The highest BCUT2D eigenvalue weighted by Crippen LogP contribution is 2.33. The van der Waals surface area contributed by atoms with Crippen molar-refractivity contribution < 1.29 is 21.9 Å². The standard InChI is InChI=1S/C13H17FO.C10H15FN2O3S/c1-15-13-7-5-10(6-8-13)11-3-2-4-12(14)9-11;1-8-5-9(10(14)13(2)6-8)3-4-12-17(15,16)7-11/h2-4,9-10,13H,5-8H2,1H3;5-6,12H,3-4,7H2,1-2H3. The smallest absolute Gasteiger partial charge is 0.253 e. The second-order valence-electron chi connectivity index (χ2n) is 8.09. The lowest BCUT2D eigenvalue weighted by molar-refractivity contribution is 0.0658. The maximum absolute atomic E-state index is 13.0. The van der Waals surface area contributed by atoms with Gasteiger partial charge in [0.2, 0.25) is 16.0 Å². The van der Waals surface area contributed by atoms with Gasteiger partial charge in [-0.2, -0.15) is 0 Å². The predicted octanol–water partition coefficient (Wildman–Crippen LogP) is 3.58. The number of nitrogens with one attached hydrogen (secondary N) is 1. The fourth-order valence-electron chi connectivity index (χ4n) is 3.92. The number of halogens is 2. The van der Waals surface area contributed by atoms with Crippen LogP contribution in [0.4, 0.5) is 8.78 Å². The molecular weight excluding hydrogens is 438 g/mol. The van der Waals surface area contributed by atoms with Gasteiger partial charge in [0.25, 0.3) is 5.56 Å². The number of rotatable bonds is 7. The van der Waals surface area contributed by atoms with Crippen LogP contribution < -0.4 is 10.3 Å². The number of aryl methyl sites for hydroxylation is 2. The third-order valence-electron chi connectivity index (χ3n) is 5.58. The van der Waals surface area contributed by atoms with Gasteiger partial charge in [0.05, 0.1) is 6.10 Å². The number of ether oxygens (including phenoxy) is 1. The summed E-state index contributed by atoms with van der Waals surface area (Å²) in [4.78, 5) is 11.7. The van der Waals surface area contributed by atoms with Crippen molar-refractivity contribution in [2.75, 3.05) is 19.7 Å². The number of benzene rings is 1. The van der Waals surface area contributed by atoms with E-state index in [9.17, 15) is 22.0 Å². The Kier molecular flexibility index (Phi) is 9.99. The molecule has 0 radical (unpaired) electrons. The first-order chi connectivity index (χ1) is 15.1. The zero-order valence-electron chi connectivity index (χ0n) is 18.8. The summed E-state index contributed by atoms with van der Waals surface area (Å²) in [6.07, 6.45) is 6.76. The Balaban J connectivity index is 0.000000228. The molecule has 1 saturated carbocycles. The Labute approximate surface area is 188 Å². The van der Waals surface area contributed by atoms with Gasteiger partial charge >= 0.3 is 0 Å². The zero-order chi connectivity index (χ0) is 23.7. The number of aromatic nitrogens is 1. The quantitative estimate of drug-likeness (QED) is 0.671. The summed E-state index contributed by atoms with van der Waals surface area (Å²) in [6, 6.07) is 7.25. The summed E-state index contributed by atoms with van der Waals surface area (Å²) in [5.74, 6) is 0.397. The van der Waals surface area contributed by atoms with Gasteiger partial charge in [-0.15, -0.1) is 0 Å². The van der Waals surface area contributed by atoms with Crippen LogP contribution >= 0.6 is 0 Å². The van der Waals surface area contributed by atoms with E-state index in [1.54, 1.807) is 38.6 Å². The summed E-state index contributed by atoms with van der Waals surface area (Å²) in [5, 5.41) is 0. The molecule has 0 aliphatic heterocycles. The van der Waals surface area contributed by atoms with E-state index < -0.39 is 16.0 Å². The molecule has 1 heterocycles. The molecule has 1 N–H and O–H groups in total. The Morgan fingerprint density at radius 3 is 2.47 bits per heavy atom. The van der Waals surface area contributed by atoms with Gasteiger partial charge in [-0.1, -0.05) is 12.1 Å². The molecule has 0 amide bonds. The Morgan fingerprint density at radius 1 is 1.19 bits per heavy atom. The van der Waals surface area contributed by atoms with E-state index in [4.69, 9.17) is 4.74 Å². The fraction of sp³-hybridized carbons (Fsp3) is 0.522. The van der Waals surface area contributed by atoms with E-state index in [1.807, 2.05) is 13.0 Å². The van der Waals surface area contributed by atoms with Gasteiger partial charge in [0.1, 0.15) is 5.82 Å². The average molecular weight is 471 g/mol. The normalized spacial score (nSPS) is 18.7. The molecule has 1 aliphatic rings. The first-order valence-electron chi connectivity index (χ1n) is 10.6. The SMILES string of the molecule is COC1CCC(c2cccc(F)c2)CC1.Cc1cc(CCNS(=O)(=O)CF)c(=O)n(C)c1. The van der Waals surface area contributed by atoms with Crippen LogP contribution in [0.15, 0.2) is 41.3 Å². The first kappa shape index (κ1) is 26.2. The third-order valence-corrected chi connectivity index (χ3v) is 6.51. The highest BCUT2D eigenvalue weighted by Gasteiger charge is 2.22. The number of hydrogen-bond donors (Lipinski definition) is 1. The molecule has 178 valence electrons. The molecule has 1 aromatic carbocycles. The van der Waals surface area contributed by atoms with E-state index in [2.05, 4.69) is 4.72 Å². The topological polar surface area (TPSA) is 77.4 Å². The van der Waals surface area contributed by atoms with Crippen molar-refractivity contribution in [2.45, 2.75) is 51.0 Å². The first-order valence-corrected chi connectivity index (χ1v) is 12.3. The lowest BCUT2D eigenvalue weighted by Gasteiger charge is -2.27. The summed E-state index contributed by atoms with van der Waals surface area (Å²) in [6.45, 7) is 1.86. The molecule has 1 aromatic heterocycles. The van der Waals surface area contributed by atoms with Gasteiger partial charge in [0, 0.05) is 32.5 Å². The van der Waals surface area contributed by atoms with Crippen molar-refractivity contribution in [1.29, 1.82) is 0 Å². The van der Waals surface area contributed by atoms with Gasteiger partial charge in [-0.05, 0) is 74.3 Å². The molecule has 1 aliphatic carbocycles. The van der Waals surface area contributed by atoms with Gasteiger partial charge in [-0.25, -0.2) is 21.9 Å². The number of hydrogen-bond acceptors (Lipinski definition) is 4. The zero-order valence-corrected chi connectivity index (χ0v) is 19.6. The van der Waals surface area contributed by atoms with E-state index >= 15 is 0 Å². The van der Waals surface area contributed by atoms with Crippen LogP contribution in [0.2, 0.25) is 0 Å². The predicted molar refractivity (Wildman–Crippen MR) is 121 cm³/mol. The van der Waals surface area contributed by atoms with Crippen LogP contribution in [0.3, 0.4) is 0 Å². The van der Waals surface area contributed by atoms with Crippen LogP contribution in [-0.4, -0.2) is 38.8 Å². The van der Waals surface area contributed by atoms with Gasteiger partial charge in [-0.3, -0.25) is 4.79 Å². The maximum Gasteiger partial charge on any atom is 0.253 e. The molecule has 3 rings (SSSR count). The summed E-state index contributed by atoms with van der Waals surface area (Å²) in [5.41, 5.74) is 2.39. The van der Waals surface area contributed by atoms with Crippen LogP contribution in [0, 0.1) is 12.7 Å². The number of alkyl halides is 1. The molecule has 1 fully saturated rings. The van der Waals surface area contributed by atoms with E-state index in [0.717, 1.165) is 36.8 Å². The van der Waals surface area contributed by atoms with E-state index in [-0.39, 0.29) is 24.3 Å². The fourth-order valence-corrected chi connectivity index (χ4v) is 4.41. The molecule has 0 spiro atoms. The molecule has 9 heteroatoms. The highest BCUT2D eigenvalue weighted by atomic mass is 32.2. The largest absolute Gasteiger partial charge is 0.381 e. The summed E-state index contributed by atoms with van der Waals surface area (Å²) >= 11 is 0. The van der Waals surface area contributed by atoms with Crippen molar-refractivity contribution in [3.63, 3.8) is 0 Å². The average Bonchev–Trinajstić information content (AvgIpc) is 2.77. The van der Waals surface area contributed by atoms with Gasteiger partial charge < -0.3 is 9.30 Å². The van der Waals surface area contributed by atoms with Crippen molar-refractivity contribution in [2.24, 2.45) is 7.05 Å². The third kappa shape index (κ3) is 8.11. The molecule has 32 heavy (non-hydrogen) atoms. The van der Waals surface area contributed by atoms with Crippen molar-refractivity contribution in [3.8, 4) is 0 Å². The van der Waals surface area contributed by atoms with Crippen LogP contribution in [0.5, 0.6) is 0 Å². The lowest BCUT2D eigenvalue weighted by atomic mass is 9.83.